The molecule has 3 rings (SSSR count). The number of thioether (sulfide) groups is 1. The fraction of sp³-hybridized carbons (Fsp3) is 0.294. The second kappa shape index (κ2) is 5.85. The molecule has 0 radical (unpaired) electrons. The largest absolute Gasteiger partial charge is 0.384 e. The summed E-state index contributed by atoms with van der Waals surface area (Å²) < 4.78 is 27.2. The van der Waals surface area contributed by atoms with Crippen molar-refractivity contribution < 1.29 is 13.5 Å². The molecule has 4 nitrogen and oxygen atoms in total. The Balaban J connectivity index is 2.25. The van der Waals surface area contributed by atoms with E-state index in [1.165, 1.54) is 11.4 Å². The lowest BCUT2D eigenvalue weighted by molar-refractivity contribution is 0.218. The minimum absolute atomic E-state index is 0.175. The number of benzene rings is 2. The third kappa shape index (κ3) is 2.75. The molecule has 1 unspecified atom stereocenters. The van der Waals surface area contributed by atoms with Crippen molar-refractivity contribution in [3.05, 3.63) is 53.6 Å². The summed E-state index contributed by atoms with van der Waals surface area (Å²) in [5.41, 5.74) is 1.53. The molecule has 0 amide bonds. The van der Waals surface area contributed by atoms with Crippen LogP contribution in [0.5, 0.6) is 0 Å². The van der Waals surface area contributed by atoms with Crippen molar-refractivity contribution in [2.75, 3.05) is 11.4 Å². The smallest absolute Gasteiger partial charge is 0.264 e. The quantitative estimate of drug-likeness (QED) is 0.844. The summed E-state index contributed by atoms with van der Waals surface area (Å²) in [4.78, 5) is 1.06. The second-order valence-corrected chi connectivity index (χ2v) is 9.39. The predicted octanol–water partition coefficient (Wildman–Crippen LogP) is 3.41. The molecule has 1 aliphatic rings. The highest BCUT2D eigenvalue weighted by Gasteiger charge is 2.34. The van der Waals surface area contributed by atoms with E-state index >= 15 is 0 Å². The Hall–Kier alpha value is -1.50. The molecular weight excluding hydrogens is 330 g/mol. The Kier molecular flexibility index (Phi) is 4.16. The molecular formula is C17H19NO3S2. The number of aliphatic hydroxyl groups excluding tert-OH is 1. The van der Waals surface area contributed by atoms with E-state index in [0.717, 1.165) is 4.90 Å². The number of hydrogen-bond acceptors (Lipinski definition) is 4. The number of hydrogen-bond donors (Lipinski definition) is 1. The van der Waals surface area contributed by atoms with Gasteiger partial charge in [0.2, 0.25) is 0 Å². The molecule has 0 aromatic heterocycles. The highest BCUT2D eigenvalue weighted by Crippen LogP contribution is 2.41. The van der Waals surface area contributed by atoms with Crippen LogP contribution in [0, 0.1) is 0 Å². The van der Waals surface area contributed by atoms with Gasteiger partial charge in [-0.1, -0.05) is 38.1 Å². The summed E-state index contributed by atoms with van der Waals surface area (Å²) in [6.45, 7) is 4.11. The van der Waals surface area contributed by atoms with E-state index in [1.807, 2.05) is 6.07 Å². The monoisotopic (exact) mass is 349 g/mol. The Morgan fingerprint density at radius 2 is 1.83 bits per heavy atom. The molecule has 0 spiro atoms. The molecule has 0 fully saturated rings. The fourth-order valence-corrected chi connectivity index (χ4v) is 5.18. The molecule has 1 aliphatic heterocycles. The van der Waals surface area contributed by atoms with E-state index in [2.05, 4.69) is 13.8 Å². The maximum Gasteiger partial charge on any atom is 0.264 e. The zero-order valence-electron chi connectivity index (χ0n) is 13.2. The molecule has 0 bridgehead atoms. The van der Waals surface area contributed by atoms with Gasteiger partial charge in [-0.25, -0.2) is 8.42 Å². The molecule has 1 heterocycles. The van der Waals surface area contributed by atoms with Crippen molar-refractivity contribution in [1.82, 2.24) is 0 Å². The van der Waals surface area contributed by atoms with Crippen molar-refractivity contribution in [1.29, 1.82) is 0 Å². The van der Waals surface area contributed by atoms with Crippen LogP contribution < -0.4 is 4.31 Å². The van der Waals surface area contributed by atoms with Crippen molar-refractivity contribution in [3.63, 3.8) is 0 Å². The summed E-state index contributed by atoms with van der Waals surface area (Å²) in [5.74, 6) is 0. The SMILES string of the molecule is CC(C)Sc1ccc2c(c1)S(=O)(=O)N(C)c1ccccc1C2O. The minimum atomic E-state index is -3.70. The molecule has 1 N–H and O–H groups in total. The lowest BCUT2D eigenvalue weighted by Gasteiger charge is -2.19. The Bertz CT molecular complexity index is 847. The first-order valence-corrected chi connectivity index (χ1v) is 9.71. The van der Waals surface area contributed by atoms with Crippen LogP contribution in [-0.4, -0.2) is 25.8 Å². The topological polar surface area (TPSA) is 57.6 Å². The number of rotatable bonds is 2. The van der Waals surface area contributed by atoms with Gasteiger partial charge >= 0.3 is 0 Å². The molecule has 0 aliphatic carbocycles. The van der Waals surface area contributed by atoms with E-state index in [4.69, 9.17) is 0 Å². The highest BCUT2D eigenvalue weighted by molar-refractivity contribution is 8.00. The molecule has 23 heavy (non-hydrogen) atoms. The Morgan fingerprint density at radius 1 is 1.13 bits per heavy atom. The molecule has 0 saturated carbocycles. The van der Waals surface area contributed by atoms with Crippen molar-refractivity contribution in [2.24, 2.45) is 0 Å². The minimum Gasteiger partial charge on any atom is -0.384 e. The molecule has 122 valence electrons. The number of anilines is 1. The zero-order chi connectivity index (χ0) is 16.8. The van der Waals surface area contributed by atoms with Gasteiger partial charge in [0.1, 0.15) is 6.10 Å². The maximum absolute atomic E-state index is 13.0. The van der Waals surface area contributed by atoms with Gasteiger partial charge in [0.15, 0.2) is 0 Å². The first-order valence-electron chi connectivity index (χ1n) is 7.39. The lowest BCUT2D eigenvalue weighted by atomic mass is 10.00. The van der Waals surface area contributed by atoms with Crippen LogP contribution in [0.1, 0.15) is 31.1 Å². The van der Waals surface area contributed by atoms with Crippen LogP contribution in [0.25, 0.3) is 0 Å². The molecule has 2 aromatic carbocycles. The number of sulfonamides is 1. The van der Waals surface area contributed by atoms with Crippen molar-refractivity contribution >= 4 is 27.5 Å². The van der Waals surface area contributed by atoms with Gasteiger partial charge in [-0.2, -0.15) is 0 Å². The number of nitrogens with zero attached hydrogens (tertiary/aromatic N) is 1. The van der Waals surface area contributed by atoms with E-state index in [1.54, 1.807) is 48.2 Å². The average Bonchev–Trinajstić information content (AvgIpc) is 2.57. The van der Waals surface area contributed by atoms with E-state index in [0.29, 0.717) is 22.1 Å². The lowest BCUT2D eigenvalue weighted by Crippen LogP contribution is -2.26. The summed E-state index contributed by atoms with van der Waals surface area (Å²) in [6.07, 6.45) is -0.959. The predicted molar refractivity (Wildman–Crippen MR) is 93.5 cm³/mol. The molecule has 0 saturated heterocycles. The van der Waals surface area contributed by atoms with Crippen LogP contribution in [0.4, 0.5) is 5.69 Å². The molecule has 6 heteroatoms. The van der Waals surface area contributed by atoms with Crippen molar-refractivity contribution in [3.8, 4) is 0 Å². The van der Waals surface area contributed by atoms with Crippen LogP contribution in [-0.2, 0) is 10.0 Å². The van der Waals surface area contributed by atoms with Crippen LogP contribution in [0.3, 0.4) is 0 Å². The Morgan fingerprint density at radius 3 is 2.52 bits per heavy atom. The van der Waals surface area contributed by atoms with Gasteiger partial charge in [-0.3, -0.25) is 4.31 Å². The van der Waals surface area contributed by atoms with Crippen molar-refractivity contribution in [2.45, 2.75) is 35.0 Å². The summed E-state index contributed by atoms with van der Waals surface area (Å²) in [7, 11) is -2.18. The van der Waals surface area contributed by atoms with E-state index < -0.39 is 16.1 Å². The number of fused-ring (bicyclic) bond motifs is 2. The van der Waals surface area contributed by atoms with Crippen LogP contribution >= 0.6 is 11.8 Å². The summed E-state index contributed by atoms with van der Waals surface area (Å²) >= 11 is 1.60. The van der Waals surface area contributed by atoms with E-state index in [-0.39, 0.29) is 4.90 Å². The van der Waals surface area contributed by atoms with Gasteiger partial charge in [-0.15, -0.1) is 11.8 Å². The van der Waals surface area contributed by atoms with Gasteiger partial charge in [-0.05, 0) is 18.2 Å². The summed E-state index contributed by atoms with van der Waals surface area (Å²) in [5, 5.41) is 11.1. The first kappa shape index (κ1) is 16.4. The third-order valence-corrected chi connectivity index (χ3v) is 6.69. The first-order chi connectivity index (χ1) is 10.8. The standard InChI is InChI=1S/C17H19NO3S2/c1-11(2)22-12-8-9-14-16(10-12)23(20,21)18(3)15-7-5-4-6-13(15)17(14)19/h4-11,17,19H,1-3H3. The summed E-state index contributed by atoms with van der Waals surface area (Å²) in [6, 6.07) is 12.3. The van der Waals surface area contributed by atoms with Crippen LogP contribution in [0.2, 0.25) is 0 Å². The highest BCUT2D eigenvalue weighted by atomic mass is 32.2. The normalized spacial score (nSPS) is 19.2. The maximum atomic E-state index is 13.0. The van der Waals surface area contributed by atoms with Gasteiger partial charge in [0.25, 0.3) is 10.0 Å². The third-order valence-electron chi connectivity index (χ3n) is 3.86. The fourth-order valence-electron chi connectivity index (χ4n) is 2.76. The van der Waals surface area contributed by atoms with Crippen LogP contribution in [0.15, 0.2) is 52.3 Å². The van der Waals surface area contributed by atoms with Gasteiger partial charge < -0.3 is 5.11 Å². The van der Waals surface area contributed by atoms with E-state index in [9.17, 15) is 13.5 Å². The average molecular weight is 349 g/mol. The Labute approximate surface area is 141 Å². The van der Waals surface area contributed by atoms with Gasteiger partial charge in [0.05, 0.1) is 10.6 Å². The van der Waals surface area contributed by atoms with Gasteiger partial charge in [0, 0.05) is 28.3 Å². The number of aliphatic hydroxyl groups is 1. The molecule has 2 aromatic rings. The number of para-hydroxylation sites is 1. The second-order valence-electron chi connectivity index (χ2n) is 5.80. The molecule has 1 atom stereocenters. The zero-order valence-corrected chi connectivity index (χ0v) is 14.9.